The van der Waals surface area contributed by atoms with Crippen molar-refractivity contribution in [3.05, 3.63) is 35.4 Å². The van der Waals surface area contributed by atoms with Gasteiger partial charge in [0.1, 0.15) is 11.6 Å². The van der Waals surface area contributed by atoms with Gasteiger partial charge in [-0.25, -0.2) is 8.78 Å². The number of fused-ring (bicyclic) bond motifs is 1. The van der Waals surface area contributed by atoms with Crippen molar-refractivity contribution < 1.29 is 31.9 Å². The van der Waals surface area contributed by atoms with Crippen molar-refractivity contribution in [2.24, 2.45) is 11.3 Å². The molecule has 1 amide bonds. The fourth-order valence-corrected chi connectivity index (χ4v) is 3.97. The molecule has 0 aromatic heterocycles. The highest BCUT2D eigenvalue weighted by atomic mass is 19.4. The predicted octanol–water partition coefficient (Wildman–Crippen LogP) is 3.19. The predicted molar refractivity (Wildman–Crippen MR) is 73.7 cm³/mol. The fourth-order valence-electron chi connectivity index (χ4n) is 3.97. The van der Waals surface area contributed by atoms with E-state index in [1.54, 1.807) is 0 Å². The minimum atomic E-state index is -4.43. The van der Waals surface area contributed by atoms with Gasteiger partial charge in [-0.3, -0.25) is 4.79 Å². The molecule has 1 unspecified atom stereocenters. The van der Waals surface area contributed by atoms with E-state index in [1.165, 1.54) is 0 Å². The fraction of sp³-hybridized carbons (Fsp3) is 0.562. The average Bonchev–Trinajstić information content (AvgIpc) is 3.02. The molecule has 24 heavy (non-hydrogen) atoms. The number of aliphatic hydroxyl groups excluding tert-OH is 1. The van der Waals surface area contributed by atoms with Crippen molar-refractivity contribution in [1.82, 2.24) is 4.90 Å². The molecule has 0 bridgehead atoms. The Morgan fingerprint density at radius 2 is 1.88 bits per heavy atom. The van der Waals surface area contributed by atoms with Crippen LogP contribution in [0.4, 0.5) is 22.0 Å². The highest BCUT2D eigenvalue weighted by Crippen LogP contribution is 2.57. The van der Waals surface area contributed by atoms with Crippen LogP contribution in [0.5, 0.6) is 0 Å². The first-order valence-corrected chi connectivity index (χ1v) is 7.63. The van der Waals surface area contributed by atoms with Crippen LogP contribution in [0.3, 0.4) is 0 Å². The first-order chi connectivity index (χ1) is 11.1. The molecule has 1 heterocycles. The Morgan fingerprint density at radius 3 is 2.42 bits per heavy atom. The summed E-state index contributed by atoms with van der Waals surface area (Å²) in [5, 5.41) is 10.0. The summed E-state index contributed by atoms with van der Waals surface area (Å²) in [7, 11) is 0. The van der Waals surface area contributed by atoms with Gasteiger partial charge in [0.25, 0.3) is 5.91 Å². The number of nitrogens with zero attached hydrogens (tertiary/aromatic N) is 1. The molecule has 1 saturated heterocycles. The summed E-state index contributed by atoms with van der Waals surface area (Å²) in [6, 6.07) is 2.17. The smallest absolute Gasteiger partial charge is 0.378 e. The number of likely N-dealkylation sites (tertiary alicyclic amines) is 1. The Kier molecular flexibility index (Phi) is 4.06. The Balaban J connectivity index is 1.81. The van der Waals surface area contributed by atoms with Crippen molar-refractivity contribution >= 4 is 5.91 Å². The van der Waals surface area contributed by atoms with Crippen molar-refractivity contribution in [2.75, 3.05) is 13.1 Å². The quantitative estimate of drug-likeness (QED) is 0.833. The Bertz CT molecular complexity index is 642. The maximum atomic E-state index is 13.5. The number of hydrogen-bond donors (Lipinski definition) is 1. The van der Waals surface area contributed by atoms with Crippen LogP contribution in [0.15, 0.2) is 18.2 Å². The van der Waals surface area contributed by atoms with Crippen molar-refractivity contribution in [2.45, 2.75) is 31.5 Å². The Labute approximate surface area is 135 Å². The molecule has 132 valence electrons. The van der Waals surface area contributed by atoms with Gasteiger partial charge in [0, 0.05) is 19.2 Å². The van der Waals surface area contributed by atoms with Crippen molar-refractivity contribution in [3.8, 4) is 0 Å². The van der Waals surface area contributed by atoms with Gasteiger partial charge in [0.2, 0.25) is 0 Å². The van der Waals surface area contributed by atoms with E-state index in [4.69, 9.17) is 0 Å². The van der Waals surface area contributed by atoms with Gasteiger partial charge in [0.05, 0.1) is 5.41 Å². The van der Waals surface area contributed by atoms with Gasteiger partial charge in [0.15, 0.2) is 6.10 Å². The zero-order valence-electron chi connectivity index (χ0n) is 12.6. The van der Waals surface area contributed by atoms with Crippen LogP contribution in [0, 0.1) is 23.0 Å². The maximum Gasteiger partial charge on any atom is 0.396 e. The lowest BCUT2D eigenvalue weighted by Gasteiger charge is -2.31. The number of hydrogen-bond acceptors (Lipinski definition) is 2. The van der Waals surface area contributed by atoms with E-state index in [2.05, 4.69) is 0 Å². The Hall–Kier alpha value is -1.70. The monoisotopic (exact) mass is 349 g/mol. The van der Waals surface area contributed by atoms with Crippen LogP contribution in [0.25, 0.3) is 0 Å². The largest absolute Gasteiger partial charge is 0.396 e. The van der Waals surface area contributed by atoms with Crippen LogP contribution in [0.1, 0.15) is 30.9 Å². The van der Waals surface area contributed by atoms with E-state index >= 15 is 0 Å². The third-order valence-electron chi connectivity index (χ3n) is 5.18. The Morgan fingerprint density at radius 1 is 1.25 bits per heavy atom. The third kappa shape index (κ3) is 2.66. The number of benzene rings is 1. The second-order valence-corrected chi connectivity index (χ2v) is 6.57. The highest BCUT2D eigenvalue weighted by Gasteiger charge is 2.65. The lowest BCUT2D eigenvalue weighted by Crippen LogP contribution is -2.43. The lowest BCUT2D eigenvalue weighted by molar-refractivity contribution is -0.226. The molecule has 3 nitrogen and oxygen atoms in total. The van der Waals surface area contributed by atoms with Crippen LogP contribution >= 0.6 is 0 Å². The number of carbonyl (C=O) groups is 1. The highest BCUT2D eigenvalue weighted by molar-refractivity contribution is 5.82. The molecular formula is C16H16F5NO2. The minimum absolute atomic E-state index is 0.0460. The molecule has 1 aromatic rings. The summed E-state index contributed by atoms with van der Waals surface area (Å²) < 4.78 is 66.8. The molecule has 1 N–H and O–H groups in total. The minimum Gasteiger partial charge on any atom is -0.378 e. The standard InChI is InChI=1S/C16H16F5NO2/c17-11-4-9(5-12(18)6-11)13(23)14(24)22-7-10-2-1-3-15(10,8-22)16(19,20)21/h4-6,10,13,23H,1-3,7-8H2/t10-,13?,15-/m0/s1. The first kappa shape index (κ1) is 17.1. The van der Waals surface area contributed by atoms with Crippen molar-refractivity contribution in [3.63, 3.8) is 0 Å². The molecule has 0 radical (unpaired) electrons. The molecule has 2 aliphatic rings. The van der Waals surface area contributed by atoms with E-state index in [9.17, 15) is 31.9 Å². The van der Waals surface area contributed by atoms with Gasteiger partial charge in [-0.1, -0.05) is 6.42 Å². The zero-order chi connectivity index (χ0) is 17.7. The van der Waals surface area contributed by atoms with E-state index in [-0.39, 0.29) is 18.5 Å². The SMILES string of the molecule is O=C(C(O)c1cc(F)cc(F)c1)N1C[C@@H]2CCC[C@]2(C(F)(F)F)C1. The zero-order valence-corrected chi connectivity index (χ0v) is 12.6. The normalized spacial score (nSPS) is 28.1. The van der Waals surface area contributed by atoms with E-state index < -0.39 is 47.7 Å². The molecular weight excluding hydrogens is 333 g/mol. The van der Waals surface area contributed by atoms with Gasteiger partial charge < -0.3 is 10.0 Å². The average molecular weight is 349 g/mol. The summed E-state index contributed by atoms with van der Waals surface area (Å²) in [6.07, 6.45) is -5.55. The molecule has 1 aliphatic carbocycles. The van der Waals surface area contributed by atoms with Gasteiger partial charge in [-0.15, -0.1) is 0 Å². The van der Waals surface area contributed by atoms with E-state index in [0.717, 1.165) is 17.0 Å². The molecule has 1 saturated carbocycles. The topological polar surface area (TPSA) is 40.5 Å². The third-order valence-corrected chi connectivity index (χ3v) is 5.18. The molecule has 3 atom stereocenters. The van der Waals surface area contributed by atoms with Gasteiger partial charge >= 0.3 is 6.18 Å². The number of carbonyl (C=O) groups excluding carboxylic acids is 1. The van der Waals surface area contributed by atoms with Crippen LogP contribution < -0.4 is 0 Å². The number of aliphatic hydroxyl groups is 1. The van der Waals surface area contributed by atoms with Crippen molar-refractivity contribution in [1.29, 1.82) is 0 Å². The summed E-state index contributed by atoms with van der Waals surface area (Å²) >= 11 is 0. The number of rotatable bonds is 2. The van der Waals surface area contributed by atoms with Gasteiger partial charge in [-0.05, 0) is 36.5 Å². The second-order valence-electron chi connectivity index (χ2n) is 6.57. The number of amides is 1. The molecule has 8 heteroatoms. The first-order valence-electron chi connectivity index (χ1n) is 7.63. The molecule has 1 aliphatic heterocycles. The second kappa shape index (κ2) is 5.68. The molecule has 2 fully saturated rings. The maximum absolute atomic E-state index is 13.5. The van der Waals surface area contributed by atoms with Crippen LogP contribution in [0.2, 0.25) is 0 Å². The summed E-state index contributed by atoms with van der Waals surface area (Å²) in [4.78, 5) is 13.3. The number of halogens is 5. The summed E-state index contributed by atoms with van der Waals surface area (Å²) in [5.74, 6) is -3.60. The van der Waals surface area contributed by atoms with E-state index in [1.807, 2.05) is 0 Å². The lowest BCUT2D eigenvalue weighted by atomic mass is 9.80. The molecule has 3 rings (SSSR count). The number of alkyl halides is 3. The molecule has 0 spiro atoms. The van der Waals surface area contributed by atoms with Gasteiger partial charge in [-0.2, -0.15) is 13.2 Å². The van der Waals surface area contributed by atoms with Crippen LogP contribution in [-0.2, 0) is 4.79 Å². The molecule has 1 aromatic carbocycles. The van der Waals surface area contributed by atoms with Crippen LogP contribution in [-0.4, -0.2) is 35.2 Å². The summed E-state index contributed by atoms with van der Waals surface area (Å²) in [6.45, 7) is -0.623. The summed E-state index contributed by atoms with van der Waals surface area (Å²) in [5.41, 5.74) is -2.24. The van der Waals surface area contributed by atoms with E-state index in [0.29, 0.717) is 18.9 Å².